The highest BCUT2D eigenvalue weighted by atomic mass is 16.1. The monoisotopic (exact) mass is 306 g/mol. The van der Waals surface area contributed by atoms with Gasteiger partial charge in [0.15, 0.2) is 5.65 Å². The van der Waals surface area contributed by atoms with Crippen LogP contribution in [0.15, 0.2) is 36.7 Å². The van der Waals surface area contributed by atoms with Crippen molar-refractivity contribution in [3.05, 3.63) is 64.6 Å². The van der Waals surface area contributed by atoms with Crippen LogP contribution in [0.3, 0.4) is 0 Å². The average Bonchev–Trinajstić information content (AvgIpc) is 2.95. The maximum absolute atomic E-state index is 12.3. The summed E-state index contributed by atoms with van der Waals surface area (Å²) < 4.78 is 1.65. The third kappa shape index (κ3) is 2.59. The first-order chi connectivity index (χ1) is 11.2. The number of benzene rings is 1. The van der Waals surface area contributed by atoms with E-state index in [9.17, 15) is 4.79 Å². The van der Waals surface area contributed by atoms with Crippen LogP contribution in [0, 0.1) is 6.92 Å². The fourth-order valence-corrected chi connectivity index (χ4v) is 3.10. The summed E-state index contributed by atoms with van der Waals surface area (Å²) in [5.41, 5.74) is 6.03. The topological polar surface area (TPSA) is 59.3 Å². The van der Waals surface area contributed by atoms with E-state index in [1.54, 1.807) is 10.7 Å². The first kappa shape index (κ1) is 13.9. The normalized spacial score (nSPS) is 14.9. The minimum atomic E-state index is -0.102. The molecule has 0 spiro atoms. The van der Waals surface area contributed by atoms with Crippen LogP contribution in [-0.2, 0) is 12.8 Å². The molecule has 0 saturated heterocycles. The van der Waals surface area contributed by atoms with Gasteiger partial charge in [0, 0.05) is 24.9 Å². The van der Waals surface area contributed by atoms with E-state index < -0.39 is 0 Å². The van der Waals surface area contributed by atoms with Crippen LogP contribution < -0.4 is 5.32 Å². The number of aryl methyl sites for hydroxylation is 2. The predicted octanol–water partition coefficient (Wildman–Crippen LogP) is 2.30. The summed E-state index contributed by atoms with van der Waals surface area (Å²) in [6, 6.07) is 8.55. The zero-order valence-corrected chi connectivity index (χ0v) is 13.0. The largest absolute Gasteiger partial charge is 0.352 e. The van der Waals surface area contributed by atoms with Gasteiger partial charge in [0.2, 0.25) is 0 Å². The Balaban J connectivity index is 1.85. The minimum Gasteiger partial charge on any atom is -0.352 e. The Hall–Kier alpha value is -2.69. The minimum absolute atomic E-state index is 0.102. The Morgan fingerprint density at radius 1 is 1.22 bits per heavy atom. The number of hydrogen-bond acceptors (Lipinski definition) is 3. The molecular weight excluding hydrogens is 288 g/mol. The molecule has 0 aliphatic carbocycles. The maximum Gasteiger partial charge on any atom is 0.256 e. The predicted molar refractivity (Wildman–Crippen MR) is 87.6 cm³/mol. The average molecular weight is 306 g/mol. The Bertz CT molecular complexity index is 897. The molecule has 4 rings (SSSR count). The molecule has 2 aromatic heterocycles. The van der Waals surface area contributed by atoms with Crippen LogP contribution >= 0.6 is 0 Å². The molecule has 0 saturated carbocycles. The highest BCUT2D eigenvalue weighted by Crippen LogP contribution is 2.19. The van der Waals surface area contributed by atoms with Crippen molar-refractivity contribution in [3.8, 4) is 0 Å². The lowest BCUT2D eigenvalue weighted by Gasteiger charge is -2.12. The van der Waals surface area contributed by atoms with Gasteiger partial charge in [-0.15, -0.1) is 0 Å². The molecule has 116 valence electrons. The molecule has 1 aromatic carbocycles. The highest BCUT2D eigenvalue weighted by molar-refractivity contribution is 5.99. The zero-order valence-electron chi connectivity index (χ0n) is 13.0. The number of rotatable bonds is 0. The maximum atomic E-state index is 12.3. The van der Waals surface area contributed by atoms with E-state index in [1.807, 2.05) is 12.3 Å². The van der Waals surface area contributed by atoms with Crippen molar-refractivity contribution < 1.29 is 4.79 Å². The number of aromatic nitrogens is 3. The van der Waals surface area contributed by atoms with Crippen LogP contribution in [-0.4, -0.2) is 27.0 Å². The Morgan fingerprint density at radius 3 is 3.04 bits per heavy atom. The van der Waals surface area contributed by atoms with E-state index in [2.05, 4.69) is 40.5 Å². The molecule has 23 heavy (non-hydrogen) atoms. The smallest absolute Gasteiger partial charge is 0.256 e. The second-order valence-electron chi connectivity index (χ2n) is 6.05. The van der Waals surface area contributed by atoms with E-state index in [0.29, 0.717) is 17.8 Å². The summed E-state index contributed by atoms with van der Waals surface area (Å²) in [6.07, 6.45) is 6.12. The lowest BCUT2D eigenvalue weighted by Crippen LogP contribution is -2.25. The standard InChI is InChI=1S/C18H18N4O/c1-12-4-5-13-3-2-7-19-18(23)16-11-20-22-8-6-15(21-17(16)22)10-14(13)9-12/h4-6,8-9,11H,2-3,7,10H2,1H3,(H,19,23). The van der Waals surface area contributed by atoms with E-state index in [0.717, 1.165) is 25.0 Å². The van der Waals surface area contributed by atoms with Crippen molar-refractivity contribution in [1.82, 2.24) is 19.9 Å². The molecule has 5 heteroatoms. The molecule has 1 aliphatic rings. The van der Waals surface area contributed by atoms with Crippen molar-refractivity contribution in [2.24, 2.45) is 0 Å². The fourth-order valence-electron chi connectivity index (χ4n) is 3.10. The summed E-state index contributed by atoms with van der Waals surface area (Å²) in [7, 11) is 0. The number of nitrogens with zero attached hydrogens (tertiary/aromatic N) is 3. The van der Waals surface area contributed by atoms with E-state index >= 15 is 0 Å². The van der Waals surface area contributed by atoms with Crippen LogP contribution in [0.1, 0.15) is 39.2 Å². The molecule has 0 fully saturated rings. The van der Waals surface area contributed by atoms with Crippen LogP contribution in [0.2, 0.25) is 0 Å². The number of amides is 1. The van der Waals surface area contributed by atoms with Crippen LogP contribution in [0.4, 0.5) is 0 Å². The quantitative estimate of drug-likeness (QED) is 0.693. The lowest BCUT2D eigenvalue weighted by atomic mass is 9.97. The van der Waals surface area contributed by atoms with Gasteiger partial charge in [-0.05, 0) is 37.0 Å². The van der Waals surface area contributed by atoms with Crippen molar-refractivity contribution in [2.45, 2.75) is 26.2 Å². The van der Waals surface area contributed by atoms with Gasteiger partial charge >= 0.3 is 0 Å². The number of nitrogens with one attached hydrogen (secondary N) is 1. The van der Waals surface area contributed by atoms with Crippen molar-refractivity contribution in [1.29, 1.82) is 0 Å². The third-order valence-electron chi connectivity index (χ3n) is 4.31. The second-order valence-corrected chi connectivity index (χ2v) is 6.05. The molecule has 1 N–H and O–H groups in total. The van der Waals surface area contributed by atoms with Gasteiger partial charge in [0.25, 0.3) is 5.91 Å². The summed E-state index contributed by atoms with van der Waals surface area (Å²) in [5, 5.41) is 7.18. The van der Waals surface area contributed by atoms with E-state index in [4.69, 9.17) is 0 Å². The molecule has 0 radical (unpaired) electrons. The zero-order chi connectivity index (χ0) is 15.8. The summed E-state index contributed by atoms with van der Waals surface area (Å²) >= 11 is 0. The van der Waals surface area contributed by atoms with Gasteiger partial charge in [-0.3, -0.25) is 4.79 Å². The van der Waals surface area contributed by atoms with Crippen LogP contribution in [0.25, 0.3) is 5.65 Å². The molecular formula is C18H18N4O. The molecule has 1 amide bonds. The number of carbonyl (C=O) groups excluding carboxylic acids is 1. The Labute approximate surface area is 134 Å². The molecule has 0 atom stereocenters. The van der Waals surface area contributed by atoms with Crippen LogP contribution in [0.5, 0.6) is 0 Å². The van der Waals surface area contributed by atoms with Crippen molar-refractivity contribution >= 4 is 11.6 Å². The van der Waals surface area contributed by atoms with Gasteiger partial charge in [-0.2, -0.15) is 5.10 Å². The number of fused-ring (bicyclic) bond motifs is 2. The van der Waals surface area contributed by atoms with E-state index in [-0.39, 0.29) is 5.91 Å². The molecule has 5 nitrogen and oxygen atoms in total. The molecule has 2 bridgehead atoms. The fraction of sp³-hybridized carbons (Fsp3) is 0.278. The first-order valence-electron chi connectivity index (χ1n) is 7.90. The molecule has 3 heterocycles. The van der Waals surface area contributed by atoms with Crippen molar-refractivity contribution in [3.63, 3.8) is 0 Å². The Morgan fingerprint density at radius 2 is 2.13 bits per heavy atom. The molecule has 3 aromatic rings. The molecule has 1 aliphatic heterocycles. The molecule has 0 unspecified atom stereocenters. The summed E-state index contributed by atoms with van der Waals surface area (Å²) in [4.78, 5) is 17.0. The second kappa shape index (κ2) is 5.50. The number of hydrogen-bond donors (Lipinski definition) is 1. The van der Waals surface area contributed by atoms with Gasteiger partial charge < -0.3 is 5.32 Å². The van der Waals surface area contributed by atoms with E-state index in [1.165, 1.54) is 16.7 Å². The lowest BCUT2D eigenvalue weighted by molar-refractivity contribution is 0.0954. The summed E-state index contributed by atoms with van der Waals surface area (Å²) in [5.74, 6) is -0.102. The van der Waals surface area contributed by atoms with Gasteiger partial charge in [-0.1, -0.05) is 23.8 Å². The van der Waals surface area contributed by atoms with Gasteiger partial charge in [-0.25, -0.2) is 9.50 Å². The first-order valence-corrected chi connectivity index (χ1v) is 7.90. The van der Waals surface area contributed by atoms with Gasteiger partial charge in [0.05, 0.1) is 6.20 Å². The summed E-state index contributed by atoms with van der Waals surface area (Å²) in [6.45, 7) is 2.77. The third-order valence-corrected chi connectivity index (χ3v) is 4.31. The van der Waals surface area contributed by atoms with Gasteiger partial charge in [0.1, 0.15) is 5.56 Å². The highest BCUT2D eigenvalue weighted by Gasteiger charge is 2.15. The SMILES string of the molecule is Cc1ccc2c(c1)Cc1ccn3ncc(c3n1)C(=O)NCCC2. The Kier molecular flexibility index (Phi) is 3.33. The number of carbonyl (C=O) groups is 1. The van der Waals surface area contributed by atoms with Crippen molar-refractivity contribution in [2.75, 3.05) is 6.54 Å².